The van der Waals surface area contributed by atoms with Crippen molar-refractivity contribution in [2.24, 2.45) is 0 Å². The van der Waals surface area contributed by atoms with Crippen LogP contribution in [-0.2, 0) is 22.6 Å². The number of hydrogen-bond acceptors (Lipinski definition) is 5. The largest absolute Gasteiger partial charge is 0.467 e. The van der Waals surface area contributed by atoms with Crippen LogP contribution < -0.4 is 5.69 Å². The van der Waals surface area contributed by atoms with Crippen LogP contribution in [0.3, 0.4) is 0 Å². The Hall–Kier alpha value is -2.61. The van der Waals surface area contributed by atoms with Crippen molar-refractivity contribution in [3.8, 4) is 0 Å². The minimum Gasteiger partial charge on any atom is -0.467 e. The predicted octanol–water partition coefficient (Wildman–Crippen LogP) is 1.09. The van der Waals surface area contributed by atoms with E-state index < -0.39 is 17.7 Å². The van der Waals surface area contributed by atoms with Gasteiger partial charge in [0.05, 0.1) is 7.11 Å². The van der Waals surface area contributed by atoms with Crippen LogP contribution in [0.25, 0.3) is 0 Å². The fourth-order valence-corrected chi connectivity index (χ4v) is 2.85. The highest BCUT2D eigenvalue weighted by Gasteiger charge is 2.32. The van der Waals surface area contributed by atoms with Crippen molar-refractivity contribution in [1.29, 1.82) is 0 Å². The van der Waals surface area contributed by atoms with Crippen molar-refractivity contribution >= 4 is 23.5 Å². The molecule has 0 radical (unpaired) electrons. The van der Waals surface area contributed by atoms with Crippen molar-refractivity contribution in [2.75, 3.05) is 13.7 Å². The van der Waals surface area contributed by atoms with E-state index in [1.54, 1.807) is 17.0 Å². The number of fused-ring (bicyclic) bond motifs is 1. The van der Waals surface area contributed by atoms with Crippen molar-refractivity contribution in [3.63, 3.8) is 0 Å². The molecular weight excluding hydrogens is 348 g/mol. The SMILES string of the molecule is COC(=O)C(C)n1nc2n(c1=O)CCN(Cc1ccc(Cl)cc1)C2=O. The predicted molar refractivity (Wildman–Crippen MR) is 89.4 cm³/mol. The van der Waals surface area contributed by atoms with Crippen molar-refractivity contribution in [3.05, 3.63) is 51.2 Å². The Morgan fingerprint density at radius 1 is 1.28 bits per heavy atom. The van der Waals surface area contributed by atoms with E-state index in [2.05, 4.69) is 9.84 Å². The Bertz CT molecular complexity index is 871. The molecule has 1 amide bonds. The molecule has 2 heterocycles. The second-order valence-corrected chi connectivity index (χ2v) is 6.19. The average Bonchev–Trinajstić information content (AvgIpc) is 2.95. The number of halogens is 1. The molecule has 0 saturated heterocycles. The molecule has 0 saturated carbocycles. The second kappa shape index (κ2) is 6.72. The van der Waals surface area contributed by atoms with E-state index in [0.717, 1.165) is 10.2 Å². The molecule has 0 spiro atoms. The zero-order valence-electron chi connectivity index (χ0n) is 13.8. The summed E-state index contributed by atoms with van der Waals surface area (Å²) in [6, 6.07) is 6.31. The number of rotatable bonds is 4. The van der Waals surface area contributed by atoms with Crippen LogP contribution >= 0.6 is 11.6 Å². The Balaban J connectivity index is 1.86. The molecule has 2 aromatic rings. The normalized spacial score (nSPS) is 15.0. The third-order valence-electron chi connectivity index (χ3n) is 4.15. The molecule has 9 heteroatoms. The Morgan fingerprint density at radius 3 is 2.60 bits per heavy atom. The second-order valence-electron chi connectivity index (χ2n) is 5.75. The molecule has 1 aliphatic heterocycles. The molecule has 0 N–H and O–H groups in total. The highest BCUT2D eigenvalue weighted by molar-refractivity contribution is 6.30. The monoisotopic (exact) mass is 364 g/mol. The van der Waals surface area contributed by atoms with E-state index in [1.807, 2.05) is 12.1 Å². The van der Waals surface area contributed by atoms with Crippen LogP contribution in [-0.4, -0.2) is 44.8 Å². The van der Waals surface area contributed by atoms with Gasteiger partial charge in [0.25, 0.3) is 5.91 Å². The summed E-state index contributed by atoms with van der Waals surface area (Å²) in [5, 5.41) is 4.68. The summed E-state index contributed by atoms with van der Waals surface area (Å²) in [7, 11) is 1.23. The molecule has 1 aliphatic rings. The summed E-state index contributed by atoms with van der Waals surface area (Å²) in [4.78, 5) is 38.3. The van der Waals surface area contributed by atoms with Gasteiger partial charge in [-0.2, -0.15) is 4.68 Å². The van der Waals surface area contributed by atoms with Gasteiger partial charge in [-0.1, -0.05) is 23.7 Å². The zero-order chi connectivity index (χ0) is 18.1. The first-order valence-electron chi connectivity index (χ1n) is 7.73. The Labute approximate surface area is 148 Å². The molecular formula is C16H17ClN4O4. The van der Waals surface area contributed by atoms with Crippen molar-refractivity contribution in [2.45, 2.75) is 26.1 Å². The lowest BCUT2D eigenvalue weighted by molar-refractivity contribution is -0.144. The maximum atomic E-state index is 12.7. The maximum Gasteiger partial charge on any atom is 0.347 e. The lowest BCUT2D eigenvalue weighted by atomic mass is 10.2. The van der Waals surface area contributed by atoms with Crippen molar-refractivity contribution < 1.29 is 14.3 Å². The molecule has 0 aliphatic carbocycles. The Morgan fingerprint density at radius 2 is 1.96 bits per heavy atom. The van der Waals surface area contributed by atoms with E-state index >= 15 is 0 Å². The van der Waals surface area contributed by atoms with Gasteiger partial charge in [-0.3, -0.25) is 9.36 Å². The molecule has 0 bridgehead atoms. The number of amides is 1. The summed E-state index contributed by atoms with van der Waals surface area (Å²) in [5.41, 5.74) is 0.434. The van der Waals surface area contributed by atoms with Gasteiger partial charge >= 0.3 is 11.7 Å². The minimum absolute atomic E-state index is 0.0287. The number of methoxy groups -OCH3 is 1. The number of ether oxygens (including phenoxy) is 1. The van der Waals surface area contributed by atoms with Gasteiger partial charge in [-0.05, 0) is 24.6 Å². The first-order chi connectivity index (χ1) is 11.9. The third kappa shape index (κ3) is 3.17. The number of carbonyl (C=O) groups is 2. The standard InChI is InChI=1S/C16H17ClN4O4/c1-10(15(23)25-2)21-16(24)20-8-7-19(14(22)13(20)18-21)9-11-3-5-12(17)6-4-11/h3-6,10H,7-9H2,1-2H3. The molecule has 1 unspecified atom stereocenters. The lowest BCUT2D eigenvalue weighted by Crippen LogP contribution is -2.42. The van der Waals surface area contributed by atoms with E-state index in [-0.39, 0.29) is 11.7 Å². The molecule has 1 aromatic carbocycles. The topological polar surface area (TPSA) is 86.4 Å². The first kappa shape index (κ1) is 17.2. The number of benzene rings is 1. The van der Waals surface area contributed by atoms with E-state index in [9.17, 15) is 14.4 Å². The fourth-order valence-electron chi connectivity index (χ4n) is 2.72. The van der Waals surface area contributed by atoms with Crippen LogP contribution in [0.2, 0.25) is 5.02 Å². The van der Waals surface area contributed by atoms with Crippen molar-refractivity contribution in [1.82, 2.24) is 19.2 Å². The van der Waals surface area contributed by atoms with Gasteiger partial charge in [0.15, 0.2) is 6.04 Å². The number of aromatic nitrogens is 3. The summed E-state index contributed by atoms with van der Waals surface area (Å²) in [5.74, 6) is -0.918. The molecule has 25 heavy (non-hydrogen) atoms. The smallest absolute Gasteiger partial charge is 0.347 e. The van der Waals surface area contributed by atoms with Crippen LogP contribution in [0.15, 0.2) is 29.1 Å². The quantitative estimate of drug-likeness (QED) is 0.758. The highest BCUT2D eigenvalue weighted by Crippen LogP contribution is 2.16. The number of esters is 1. The van der Waals surface area contributed by atoms with Crippen LogP contribution in [0.5, 0.6) is 0 Å². The number of carbonyl (C=O) groups excluding carboxylic acids is 2. The van der Waals surface area contributed by atoms with Gasteiger partial charge in [-0.15, -0.1) is 5.10 Å². The molecule has 0 fully saturated rings. The summed E-state index contributed by atoms with van der Waals surface area (Å²) in [6.45, 7) is 2.60. The molecule has 132 valence electrons. The average molecular weight is 365 g/mol. The summed E-state index contributed by atoms with van der Waals surface area (Å²) >= 11 is 5.87. The molecule has 1 atom stereocenters. The number of hydrogen-bond donors (Lipinski definition) is 0. The van der Waals surface area contributed by atoms with Gasteiger partial charge in [-0.25, -0.2) is 9.59 Å². The number of nitrogens with zero attached hydrogens (tertiary/aromatic N) is 4. The molecule has 1 aromatic heterocycles. The Kier molecular flexibility index (Phi) is 4.63. The third-order valence-corrected chi connectivity index (χ3v) is 4.40. The minimum atomic E-state index is -0.895. The van der Waals surface area contributed by atoms with Gasteiger partial charge in [0.1, 0.15) is 0 Å². The summed E-state index contributed by atoms with van der Waals surface area (Å²) < 4.78 is 6.92. The highest BCUT2D eigenvalue weighted by atomic mass is 35.5. The van der Waals surface area contributed by atoms with Crippen LogP contribution in [0.1, 0.15) is 29.1 Å². The first-order valence-corrected chi connectivity index (χ1v) is 8.11. The molecule has 8 nitrogen and oxygen atoms in total. The van der Waals surface area contributed by atoms with Crippen LogP contribution in [0.4, 0.5) is 0 Å². The van der Waals surface area contributed by atoms with Gasteiger partial charge < -0.3 is 9.64 Å². The molecule has 3 rings (SSSR count). The van der Waals surface area contributed by atoms with E-state index in [1.165, 1.54) is 18.6 Å². The van der Waals surface area contributed by atoms with Crippen LogP contribution in [0, 0.1) is 0 Å². The summed E-state index contributed by atoms with van der Waals surface area (Å²) in [6.07, 6.45) is 0. The van der Waals surface area contributed by atoms with Gasteiger partial charge in [0.2, 0.25) is 5.82 Å². The lowest BCUT2D eigenvalue weighted by Gasteiger charge is -2.26. The van der Waals surface area contributed by atoms with E-state index in [4.69, 9.17) is 11.6 Å². The zero-order valence-corrected chi connectivity index (χ0v) is 14.6. The van der Waals surface area contributed by atoms with E-state index in [0.29, 0.717) is 24.7 Å². The fraction of sp³-hybridized carbons (Fsp3) is 0.375. The maximum absolute atomic E-state index is 12.7. The van der Waals surface area contributed by atoms with Gasteiger partial charge in [0, 0.05) is 24.7 Å².